The largest absolute Gasteiger partial charge is 0.400 e. The Morgan fingerprint density at radius 1 is 1.00 bits per heavy atom. The molecule has 20 heavy (non-hydrogen) atoms. The van der Waals surface area contributed by atoms with Gasteiger partial charge < -0.3 is 14.1 Å². The molecule has 0 bridgehead atoms. The summed E-state index contributed by atoms with van der Waals surface area (Å²) in [6.45, 7) is 0. The summed E-state index contributed by atoms with van der Waals surface area (Å²) in [5.41, 5.74) is 3.08. The molecule has 3 aromatic rings. The minimum absolute atomic E-state index is 0. The van der Waals surface area contributed by atoms with Gasteiger partial charge in [0.15, 0.2) is 11.4 Å². The summed E-state index contributed by atoms with van der Waals surface area (Å²) < 4.78 is 5.38. The van der Waals surface area contributed by atoms with Gasteiger partial charge in [0.25, 0.3) is 0 Å². The van der Waals surface area contributed by atoms with Crippen LogP contribution in [0.2, 0.25) is 0 Å². The number of hydrogen-bond acceptors (Lipinski definition) is 4. The SMILES string of the molecule is CN1[B]N(c2noc3ccccc23)c2ccccc21.[Ir]. The quantitative estimate of drug-likeness (QED) is 0.545. The molecule has 0 aliphatic carbocycles. The van der Waals surface area contributed by atoms with Gasteiger partial charge in [-0.25, -0.2) is 0 Å². The average molecular weight is 440 g/mol. The van der Waals surface area contributed by atoms with Gasteiger partial charge in [-0.15, -0.1) is 0 Å². The number of anilines is 3. The molecule has 4 rings (SSSR count). The monoisotopic (exact) mass is 441 g/mol. The van der Waals surface area contributed by atoms with Gasteiger partial charge in [-0.2, -0.15) is 0 Å². The van der Waals surface area contributed by atoms with Crippen molar-refractivity contribution < 1.29 is 24.6 Å². The van der Waals surface area contributed by atoms with Crippen LogP contribution in [0, 0.1) is 0 Å². The fraction of sp³-hybridized carbons (Fsp3) is 0.0714. The summed E-state index contributed by atoms with van der Waals surface area (Å²) in [6, 6.07) is 16.1. The van der Waals surface area contributed by atoms with Gasteiger partial charge >= 0.3 is 7.55 Å². The molecule has 0 saturated carbocycles. The molecular weight excluding hydrogens is 429 g/mol. The van der Waals surface area contributed by atoms with Crippen LogP contribution in [-0.4, -0.2) is 19.8 Å². The predicted octanol–water partition coefficient (Wildman–Crippen LogP) is 2.95. The summed E-state index contributed by atoms with van der Waals surface area (Å²) in [5, 5.41) is 5.22. The molecule has 0 atom stereocenters. The van der Waals surface area contributed by atoms with Gasteiger partial charge in [0.1, 0.15) is 0 Å². The zero-order valence-electron chi connectivity index (χ0n) is 10.8. The van der Waals surface area contributed by atoms with Crippen molar-refractivity contribution in [3.05, 3.63) is 48.5 Å². The van der Waals surface area contributed by atoms with Gasteiger partial charge in [0.05, 0.1) is 11.1 Å². The van der Waals surface area contributed by atoms with Crippen LogP contribution < -0.4 is 9.62 Å². The second-order valence-corrected chi connectivity index (χ2v) is 4.59. The maximum Gasteiger partial charge on any atom is 0.397 e. The van der Waals surface area contributed by atoms with E-state index in [0.29, 0.717) is 0 Å². The molecule has 0 N–H and O–H groups in total. The minimum Gasteiger partial charge on any atom is -0.400 e. The standard InChI is InChI=1S/C14H11BN3O.Ir/c1-17-11-7-3-4-8-12(11)18(15-17)14-10-6-2-5-9-13(10)19-16-14;/h2-9H,1H3;. The molecule has 4 nitrogen and oxygen atoms in total. The first-order chi connectivity index (χ1) is 9.34. The number of para-hydroxylation sites is 3. The maximum atomic E-state index is 5.38. The molecule has 2 heterocycles. The fourth-order valence-electron chi connectivity index (χ4n) is 2.48. The second kappa shape index (κ2) is 4.96. The molecule has 0 saturated heterocycles. The van der Waals surface area contributed by atoms with E-state index in [1.54, 1.807) is 0 Å². The molecule has 0 spiro atoms. The Kier molecular flexibility index (Phi) is 3.28. The Bertz CT molecular complexity index is 761. The van der Waals surface area contributed by atoms with Gasteiger partial charge in [-0.05, 0) is 31.3 Å². The molecule has 1 aliphatic rings. The number of rotatable bonds is 1. The van der Waals surface area contributed by atoms with E-state index in [-0.39, 0.29) is 20.1 Å². The van der Waals surface area contributed by atoms with Crippen molar-refractivity contribution in [3.63, 3.8) is 0 Å². The number of fused-ring (bicyclic) bond motifs is 2. The molecular formula is C14H11BIrN3O. The van der Waals surface area contributed by atoms with Gasteiger partial charge in [0.2, 0.25) is 0 Å². The van der Waals surface area contributed by atoms with Crippen molar-refractivity contribution in [1.29, 1.82) is 0 Å². The molecule has 1 aliphatic heterocycles. The molecule has 0 fully saturated rings. The fourth-order valence-corrected chi connectivity index (χ4v) is 2.48. The molecule has 100 valence electrons. The van der Waals surface area contributed by atoms with Crippen molar-refractivity contribution in [2.45, 2.75) is 0 Å². The third kappa shape index (κ3) is 1.84. The van der Waals surface area contributed by atoms with E-state index in [2.05, 4.69) is 26.9 Å². The molecule has 1 aromatic heterocycles. The van der Waals surface area contributed by atoms with Crippen molar-refractivity contribution in [1.82, 2.24) is 5.16 Å². The van der Waals surface area contributed by atoms with Crippen molar-refractivity contribution >= 4 is 35.7 Å². The van der Waals surface area contributed by atoms with Gasteiger partial charge in [-0.3, -0.25) is 0 Å². The average Bonchev–Trinajstić information content (AvgIpc) is 3.01. The van der Waals surface area contributed by atoms with E-state index < -0.39 is 0 Å². The Hall–Kier alpha value is -1.78. The number of benzene rings is 2. The predicted molar refractivity (Wildman–Crippen MR) is 76.7 cm³/mol. The Labute approximate surface area is 131 Å². The Morgan fingerprint density at radius 2 is 1.70 bits per heavy atom. The van der Waals surface area contributed by atoms with Crippen molar-refractivity contribution in [3.8, 4) is 0 Å². The third-order valence-corrected chi connectivity index (χ3v) is 3.40. The summed E-state index contributed by atoms with van der Waals surface area (Å²) in [4.78, 5) is 4.14. The first-order valence-corrected chi connectivity index (χ1v) is 6.15. The second-order valence-electron chi connectivity index (χ2n) is 4.59. The molecule has 2 aromatic carbocycles. The zero-order chi connectivity index (χ0) is 12.8. The number of aromatic nitrogens is 1. The van der Waals surface area contributed by atoms with E-state index in [4.69, 9.17) is 4.52 Å². The molecule has 2 radical (unpaired) electrons. The van der Waals surface area contributed by atoms with E-state index in [1.165, 1.54) is 0 Å². The summed E-state index contributed by atoms with van der Waals surface area (Å²) in [5.74, 6) is 0.826. The normalized spacial score (nSPS) is 13.1. The van der Waals surface area contributed by atoms with Crippen LogP contribution in [0.3, 0.4) is 0 Å². The minimum atomic E-state index is 0. The van der Waals surface area contributed by atoms with E-state index in [9.17, 15) is 0 Å². The smallest absolute Gasteiger partial charge is 0.397 e. The van der Waals surface area contributed by atoms with Gasteiger partial charge in [0, 0.05) is 25.8 Å². The summed E-state index contributed by atoms with van der Waals surface area (Å²) >= 11 is 0. The first-order valence-electron chi connectivity index (χ1n) is 6.15. The topological polar surface area (TPSA) is 32.5 Å². The summed E-state index contributed by atoms with van der Waals surface area (Å²) in [7, 11) is 4.05. The van der Waals surface area contributed by atoms with E-state index in [0.717, 1.165) is 28.2 Å². The van der Waals surface area contributed by atoms with Crippen molar-refractivity contribution in [2.24, 2.45) is 0 Å². The van der Waals surface area contributed by atoms with Crippen LogP contribution in [0.25, 0.3) is 11.0 Å². The van der Waals surface area contributed by atoms with Gasteiger partial charge in [-0.1, -0.05) is 29.4 Å². The Balaban J connectivity index is 0.00000121. The van der Waals surface area contributed by atoms with Crippen LogP contribution in [0.5, 0.6) is 0 Å². The van der Waals surface area contributed by atoms with E-state index >= 15 is 0 Å². The van der Waals surface area contributed by atoms with Crippen LogP contribution in [0.1, 0.15) is 0 Å². The zero-order valence-corrected chi connectivity index (χ0v) is 13.2. The van der Waals surface area contributed by atoms with E-state index in [1.807, 2.05) is 51.0 Å². The van der Waals surface area contributed by atoms with Crippen LogP contribution in [0.4, 0.5) is 17.2 Å². The van der Waals surface area contributed by atoms with Crippen LogP contribution in [-0.2, 0) is 20.1 Å². The Morgan fingerprint density at radius 3 is 2.55 bits per heavy atom. The van der Waals surface area contributed by atoms with Crippen LogP contribution in [0.15, 0.2) is 53.1 Å². The first kappa shape index (κ1) is 13.2. The molecule has 6 heteroatoms. The third-order valence-electron chi connectivity index (χ3n) is 3.40. The molecule has 0 amide bonds. The number of hydrogen-bond donors (Lipinski definition) is 0. The van der Waals surface area contributed by atoms with Crippen LogP contribution >= 0.6 is 0 Å². The summed E-state index contributed by atoms with van der Waals surface area (Å²) in [6.07, 6.45) is 0. The molecule has 0 unspecified atom stereocenters. The van der Waals surface area contributed by atoms with Crippen molar-refractivity contribution in [2.75, 3.05) is 16.7 Å². The number of nitrogens with zero attached hydrogens (tertiary/aromatic N) is 3. The maximum absolute atomic E-state index is 5.38.